The predicted molar refractivity (Wildman–Crippen MR) is 159 cm³/mol. The van der Waals surface area contributed by atoms with Crippen LogP contribution in [0.15, 0.2) is 36.4 Å². The standard InChI is InChI=1S/C32H40N4O5/c1-33(2)12-13-34-14-15-36-28-20-23(31(37)38)8-10-25(28)29(22-6-4-3-5-7-22)30(36)26-11-9-24(21-27(26)34)40-18-16-35-17-19-41-32(35)39/h8-11,20-22H,3-7,12-19H2,1-2H3,(H,37,38). The molecule has 1 aliphatic carbocycles. The monoisotopic (exact) mass is 560 g/mol. The summed E-state index contributed by atoms with van der Waals surface area (Å²) in [5, 5.41) is 11.0. The summed E-state index contributed by atoms with van der Waals surface area (Å²) in [6, 6.07) is 12.0. The summed E-state index contributed by atoms with van der Waals surface area (Å²) in [6.45, 7) is 5.29. The molecule has 3 heterocycles. The highest BCUT2D eigenvalue weighted by Crippen LogP contribution is 2.48. The van der Waals surface area contributed by atoms with Crippen LogP contribution in [-0.2, 0) is 11.3 Å². The zero-order valence-electron chi connectivity index (χ0n) is 24.1. The van der Waals surface area contributed by atoms with Gasteiger partial charge >= 0.3 is 12.1 Å². The number of carboxylic acids is 1. The van der Waals surface area contributed by atoms with E-state index in [0.717, 1.165) is 56.0 Å². The Morgan fingerprint density at radius 1 is 1.02 bits per heavy atom. The van der Waals surface area contributed by atoms with E-state index in [9.17, 15) is 14.7 Å². The summed E-state index contributed by atoms with van der Waals surface area (Å²) in [5.74, 6) is 0.339. The zero-order valence-corrected chi connectivity index (χ0v) is 24.1. The first kappa shape index (κ1) is 27.4. The number of carbonyl (C=O) groups is 2. The number of fused-ring (bicyclic) bond motifs is 5. The summed E-state index contributed by atoms with van der Waals surface area (Å²) in [4.78, 5) is 30.1. The molecule has 0 bridgehead atoms. The molecule has 41 heavy (non-hydrogen) atoms. The maximum Gasteiger partial charge on any atom is 0.410 e. The highest BCUT2D eigenvalue weighted by molar-refractivity contribution is 5.99. The number of likely N-dealkylation sites (N-methyl/N-ethyl adjacent to an activating group) is 1. The van der Waals surface area contributed by atoms with Crippen molar-refractivity contribution in [2.24, 2.45) is 0 Å². The van der Waals surface area contributed by atoms with Crippen LogP contribution in [0.4, 0.5) is 10.5 Å². The van der Waals surface area contributed by atoms with Gasteiger partial charge in [0.15, 0.2) is 0 Å². The van der Waals surface area contributed by atoms with Crippen LogP contribution >= 0.6 is 0 Å². The largest absolute Gasteiger partial charge is 0.492 e. The van der Waals surface area contributed by atoms with E-state index < -0.39 is 5.97 Å². The second-order valence-corrected chi connectivity index (χ2v) is 11.7. The third-order valence-electron chi connectivity index (χ3n) is 8.81. The molecule has 0 unspecified atom stereocenters. The molecule has 0 atom stereocenters. The lowest BCUT2D eigenvalue weighted by Gasteiger charge is -2.28. The maximum absolute atomic E-state index is 11.9. The minimum absolute atomic E-state index is 0.278. The van der Waals surface area contributed by atoms with Crippen LogP contribution < -0.4 is 9.64 Å². The van der Waals surface area contributed by atoms with Gasteiger partial charge < -0.3 is 33.8 Å². The number of hydrogen-bond acceptors (Lipinski definition) is 6. The molecule has 0 spiro atoms. The summed E-state index contributed by atoms with van der Waals surface area (Å²) >= 11 is 0. The van der Waals surface area contributed by atoms with Crippen molar-refractivity contribution >= 4 is 28.7 Å². The number of cyclic esters (lactones) is 1. The van der Waals surface area contributed by atoms with Gasteiger partial charge in [-0.1, -0.05) is 25.3 Å². The number of amides is 1. The molecule has 2 aromatic carbocycles. The number of hydrogen-bond donors (Lipinski definition) is 1. The Morgan fingerprint density at radius 3 is 2.59 bits per heavy atom. The third kappa shape index (κ3) is 5.47. The molecule has 1 saturated heterocycles. The van der Waals surface area contributed by atoms with Gasteiger partial charge in [-0.15, -0.1) is 0 Å². The lowest BCUT2D eigenvalue weighted by atomic mass is 9.81. The Bertz CT molecular complexity index is 1440. The van der Waals surface area contributed by atoms with Crippen LogP contribution in [0.3, 0.4) is 0 Å². The van der Waals surface area contributed by atoms with E-state index in [1.807, 2.05) is 18.2 Å². The highest BCUT2D eigenvalue weighted by atomic mass is 16.6. The first-order chi connectivity index (χ1) is 19.9. The van der Waals surface area contributed by atoms with Crippen LogP contribution in [0, 0.1) is 0 Å². The number of benzene rings is 2. The number of aromatic carboxylic acids is 1. The Hall–Kier alpha value is -3.72. The van der Waals surface area contributed by atoms with Crippen molar-refractivity contribution in [3.05, 3.63) is 47.5 Å². The molecule has 9 heteroatoms. The Labute approximate surface area is 241 Å². The summed E-state index contributed by atoms with van der Waals surface area (Å²) in [5.41, 5.74) is 6.25. The lowest BCUT2D eigenvalue weighted by Crippen LogP contribution is -2.33. The van der Waals surface area contributed by atoms with Crippen LogP contribution in [0.1, 0.15) is 53.9 Å². The summed E-state index contributed by atoms with van der Waals surface area (Å²) in [6.07, 6.45) is 5.77. The average molecular weight is 561 g/mol. The third-order valence-corrected chi connectivity index (χ3v) is 8.81. The van der Waals surface area contributed by atoms with E-state index in [-0.39, 0.29) is 6.09 Å². The van der Waals surface area contributed by atoms with Crippen molar-refractivity contribution < 1.29 is 24.2 Å². The fourth-order valence-electron chi connectivity index (χ4n) is 6.70. The summed E-state index contributed by atoms with van der Waals surface area (Å²) < 4.78 is 13.6. The fraction of sp³-hybridized carbons (Fsp3) is 0.500. The first-order valence-corrected chi connectivity index (χ1v) is 14.9. The second-order valence-electron chi connectivity index (χ2n) is 11.7. The number of rotatable bonds is 9. The molecule has 2 aliphatic heterocycles. The minimum Gasteiger partial charge on any atom is -0.492 e. The number of carboxylic acid groups (broad SMARTS) is 1. The van der Waals surface area contributed by atoms with Gasteiger partial charge in [-0.3, -0.25) is 0 Å². The van der Waals surface area contributed by atoms with E-state index in [4.69, 9.17) is 9.47 Å². The van der Waals surface area contributed by atoms with E-state index in [1.54, 1.807) is 11.0 Å². The van der Waals surface area contributed by atoms with Crippen LogP contribution in [0.2, 0.25) is 0 Å². The van der Waals surface area contributed by atoms with Gasteiger partial charge in [0.25, 0.3) is 0 Å². The molecule has 6 rings (SSSR count). The fourth-order valence-corrected chi connectivity index (χ4v) is 6.70. The number of carbonyl (C=O) groups excluding carboxylic acids is 1. The van der Waals surface area contributed by atoms with Gasteiger partial charge in [0, 0.05) is 54.4 Å². The van der Waals surface area contributed by atoms with Gasteiger partial charge in [0.05, 0.1) is 24.3 Å². The number of nitrogens with zero attached hydrogens (tertiary/aromatic N) is 4. The van der Waals surface area contributed by atoms with E-state index in [2.05, 4.69) is 40.6 Å². The van der Waals surface area contributed by atoms with Crippen molar-refractivity contribution in [3.8, 4) is 17.0 Å². The van der Waals surface area contributed by atoms with Gasteiger partial charge in [0.1, 0.15) is 19.0 Å². The number of ether oxygens (including phenoxy) is 2. The van der Waals surface area contributed by atoms with Crippen LogP contribution in [0.25, 0.3) is 22.2 Å². The first-order valence-electron chi connectivity index (χ1n) is 14.9. The molecule has 3 aliphatic rings. The molecule has 218 valence electrons. The molecule has 1 saturated carbocycles. The molecular formula is C32H40N4O5. The van der Waals surface area contributed by atoms with Crippen LogP contribution in [-0.4, -0.2) is 91.6 Å². The molecule has 1 N–H and O–H groups in total. The molecular weight excluding hydrogens is 520 g/mol. The minimum atomic E-state index is -0.896. The van der Waals surface area contributed by atoms with Crippen molar-refractivity contribution in [1.82, 2.24) is 14.4 Å². The van der Waals surface area contributed by atoms with Gasteiger partial charge in [-0.25, -0.2) is 9.59 Å². The molecule has 1 aromatic heterocycles. The van der Waals surface area contributed by atoms with E-state index in [0.29, 0.717) is 37.8 Å². The summed E-state index contributed by atoms with van der Waals surface area (Å²) in [7, 11) is 4.18. The number of anilines is 1. The van der Waals surface area contributed by atoms with Crippen molar-refractivity contribution in [1.29, 1.82) is 0 Å². The molecule has 1 amide bonds. The maximum atomic E-state index is 11.9. The van der Waals surface area contributed by atoms with E-state index in [1.165, 1.54) is 41.5 Å². The quantitative estimate of drug-likeness (QED) is 0.382. The highest BCUT2D eigenvalue weighted by Gasteiger charge is 2.31. The van der Waals surface area contributed by atoms with Crippen molar-refractivity contribution in [3.63, 3.8) is 0 Å². The van der Waals surface area contributed by atoms with Crippen molar-refractivity contribution in [2.45, 2.75) is 44.6 Å². The second kappa shape index (κ2) is 11.6. The van der Waals surface area contributed by atoms with Gasteiger partial charge in [-0.2, -0.15) is 0 Å². The zero-order chi connectivity index (χ0) is 28.5. The normalized spacial score (nSPS) is 17.5. The van der Waals surface area contributed by atoms with Gasteiger partial charge in [-0.05, 0) is 62.7 Å². The average Bonchev–Trinajstić information content (AvgIpc) is 3.48. The molecule has 2 fully saturated rings. The number of aromatic nitrogens is 1. The lowest BCUT2D eigenvalue weighted by molar-refractivity contribution is 0.0697. The Morgan fingerprint density at radius 2 is 1.85 bits per heavy atom. The smallest absolute Gasteiger partial charge is 0.410 e. The van der Waals surface area contributed by atoms with Crippen LogP contribution in [0.5, 0.6) is 5.75 Å². The Kier molecular flexibility index (Phi) is 7.79. The Balaban J connectivity index is 1.44. The predicted octanol–water partition coefficient (Wildman–Crippen LogP) is 5.27. The molecule has 9 nitrogen and oxygen atoms in total. The van der Waals surface area contributed by atoms with Gasteiger partial charge in [0.2, 0.25) is 0 Å². The SMILES string of the molecule is CN(C)CCN1CCn2c(c(C3CCCCC3)c3ccc(C(=O)O)cc32)-c2ccc(OCCN3CCOC3=O)cc21. The molecule has 0 radical (unpaired) electrons. The van der Waals surface area contributed by atoms with E-state index >= 15 is 0 Å². The van der Waals surface area contributed by atoms with Crippen molar-refractivity contribution in [2.75, 3.05) is 64.9 Å². The topological polar surface area (TPSA) is 87.5 Å². The molecule has 3 aromatic rings.